The van der Waals surface area contributed by atoms with Gasteiger partial charge in [0.1, 0.15) is 11.9 Å². The molecule has 3 heterocycles. The molecule has 2 N–H and O–H groups in total. The molecule has 0 unspecified atom stereocenters. The summed E-state index contributed by atoms with van der Waals surface area (Å²) in [6.07, 6.45) is 0.212. The maximum atomic E-state index is 14.0. The Morgan fingerprint density at radius 2 is 1.82 bits per heavy atom. The van der Waals surface area contributed by atoms with Gasteiger partial charge in [0.15, 0.2) is 11.6 Å². The van der Waals surface area contributed by atoms with Crippen molar-refractivity contribution in [2.45, 2.75) is 38.8 Å². The summed E-state index contributed by atoms with van der Waals surface area (Å²) in [5.74, 6) is -1.06. The zero-order valence-corrected chi connectivity index (χ0v) is 25.3. The molecule has 0 saturated carbocycles. The minimum atomic E-state index is -0.983. The Morgan fingerprint density at radius 1 is 1.07 bits per heavy atom. The monoisotopic (exact) mass is 611 g/mol. The first-order valence-corrected chi connectivity index (χ1v) is 14.9. The Kier molecular flexibility index (Phi) is 10.1. The number of nitrogens with zero attached hydrogens (tertiary/aromatic N) is 5. The maximum absolute atomic E-state index is 14.0. The van der Waals surface area contributed by atoms with Crippen molar-refractivity contribution in [3.8, 4) is 11.6 Å². The molecule has 11 nitrogen and oxygen atoms in total. The number of rotatable bonds is 10. The molecule has 44 heavy (non-hydrogen) atoms. The zero-order valence-electron chi connectivity index (χ0n) is 25.3. The number of amides is 3. The van der Waals surface area contributed by atoms with Crippen LogP contribution < -0.4 is 15.4 Å². The van der Waals surface area contributed by atoms with E-state index in [-0.39, 0.29) is 5.91 Å². The van der Waals surface area contributed by atoms with Crippen molar-refractivity contribution in [1.29, 1.82) is 0 Å². The van der Waals surface area contributed by atoms with Gasteiger partial charge < -0.3 is 19.9 Å². The number of anilines is 1. The Hall–Kier alpha value is -4.07. The van der Waals surface area contributed by atoms with Crippen molar-refractivity contribution in [2.24, 2.45) is 0 Å². The molecule has 3 amide bonds. The van der Waals surface area contributed by atoms with Crippen LogP contribution in [0.1, 0.15) is 37.0 Å². The largest absolute Gasteiger partial charge is 0.476 e. The summed E-state index contributed by atoms with van der Waals surface area (Å²) >= 11 is 0. The summed E-state index contributed by atoms with van der Waals surface area (Å²) in [4.78, 5) is 36.0. The van der Waals surface area contributed by atoms with Gasteiger partial charge in [-0.05, 0) is 50.2 Å². The van der Waals surface area contributed by atoms with Gasteiger partial charge in [0, 0.05) is 45.7 Å². The van der Waals surface area contributed by atoms with Gasteiger partial charge in [0.25, 0.3) is 0 Å². The van der Waals surface area contributed by atoms with E-state index in [0.717, 1.165) is 38.3 Å². The molecule has 2 aromatic carbocycles. The number of hydroxylamine groups is 2. The molecule has 13 heteroatoms. The number of para-hydroxylation sites is 1. The Bertz CT molecular complexity index is 1450. The van der Waals surface area contributed by atoms with Crippen molar-refractivity contribution in [3.05, 3.63) is 71.3 Å². The van der Waals surface area contributed by atoms with Gasteiger partial charge in [-0.1, -0.05) is 31.2 Å². The fraction of sp³-hybridized carbons (Fsp3) is 0.452. The summed E-state index contributed by atoms with van der Waals surface area (Å²) in [5.41, 5.74) is 1.74. The van der Waals surface area contributed by atoms with Crippen LogP contribution in [0.5, 0.6) is 5.88 Å². The molecule has 0 radical (unpaired) electrons. The highest BCUT2D eigenvalue weighted by atomic mass is 19.2. The second-order valence-electron chi connectivity index (χ2n) is 11.0. The second-order valence-corrected chi connectivity index (χ2v) is 11.0. The van der Waals surface area contributed by atoms with Crippen LogP contribution in [0.3, 0.4) is 0 Å². The first-order chi connectivity index (χ1) is 21.2. The molecule has 0 bridgehead atoms. The molecule has 2 aliphatic heterocycles. The first kappa shape index (κ1) is 31.4. The Balaban J connectivity index is 1.26. The summed E-state index contributed by atoms with van der Waals surface area (Å²) in [5, 5.41) is 12.1. The van der Waals surface area contributed by atoms with E-state index in [4.69, 9.17) is 9.57 Å². The number of hydrogen-bond donors (Lipinski definition) is 2. The van der Waals surface area contributed by atoms with E-state index in [2.05, 4.69) is 27.7 Å². The molecule has 2 fully saturated rings. The van der Waals surface area contributed by atoms with Crippen molar-refractivity contribution in [3.63, 3.8) is 0 Å². The Morgan fingerprint density at radius 3 is 2.52 bits per heavy atom. The molecular weight excluding hydrogens is 572 g/mol. The molecule has 2 atom stereocenters. The molecule has 2 aliphatic rings. The normalized spacial score (nSPS) is 19.2. The number of halogens is 2. The third-order valence-electron chi connectivity index (χ3n) is 7.91. The maximum Gasteiger partial charge on any atom is 0.320 e. The minimum absolute atomic E-state index is 0.117. The lowest BCUT2D eigenvalue weighted by molar-refractivity contribution is -0.144. The molecule has 1 aromatic heterocycles. The summed E-state index contributed by atoms with van der Waals surface area (Å²) in [6, 6.07) is 11.8. The lowest BCUT2D eigenvalue weighted by atomic mass is 10.0. The SMILES string of the molecule is CCN1C[C@@H](NC(=O)Nc2c(C)c(OCCCC(=O)N3CCN(C)CC3)nn2-c2ccccc2)[C@H](c2ccc(F)c(F)c2)O1. The Labute approximate surface area is 255 Å². The van der Waals surface area contributed by atoms with E-state index in [1.807, 2.05) is 42.2 Å². The van der Waals surface area contributed by atoms with Crippen LogP contribution in [0.2, 0.25) is 0 Å². The fourth-order valence-electron chi connectivity index (χ4n) is 5.33. The lowest BCUT2D eigenvalue weighted by Crippen LogP contribution is -2.47. The van der Waals surface area contributed by atoms with Crippen molar-refractivity contribution >= 4 is 17.8 Å². The van der Waals surface area contributed by atoms with Crippen LogP contribution in [-0.2, 0) is 9.63 Å². The fourth-order valence-corrected chi connectivity index (χ4v) is 5.33. The van der Waals surface area contributed by atoms with E-state index in [0.29, 0.717) is 61.1 Å². The number of hydrogen-bond acceptors (Lipinski definition) is 7. The minimum Gasteiger partial charge on any atom is -0.476 e. The van der Waals surface area contributed by atoms with E-state index >= 15 is 0 Å². The number of ether oxygens (including phenoxy) is 1. The van der Waals surface area contributed by atoms with Crippen molar-refractivity contribution in [2.75, 3.05) is 58.2 Å². The van der Waals surface area contributed by atoms with Gasteiger partial charge in [0.05, 0.1) is 23.9 Å². The highest BCUT2D eigenvalue weighted by Gasteiger charge is 2.36. The van der Waals surface area contributed by atoms with E-state index < -0.39 is 29.8 Å². The number of carbonyl (C=O) groups excluding carboxylic acids is 2. The number of urea groups is 1. The third kappa shape index (κ3) is 7.34. The average Bonchev–Trinajstić information content (AvgIpc) is 3.57. The first-order valence-electron chi connectivity index (χ1n) is 14.9. The third-order valence-corrected chi connectivity index (χ3v) is 7.91. The molecule has 5 rings (SSSR count). The number of benzene rings is 2. The number of carbonyl (C=O) groups is 2. The number of nitrogens with one attached hydrogen (secondary N) is 2. The van der Waals surface area contributed by atoms with Crippen LogP contribution in [-0.4, -0.2) is 95.5 Å². The van der Waals surface area contributed by atoms with E-state index in [1.54, 1.807) is 16.7 Å². The second kappa shape index (κ2) is 14.1. The predicted octanol–water partition coefficient (Wildman–Crippen LogP) is 3.89. The molecule has 3 aromatic rings. The van der Waals surface area contributed by atoms with Gasteiger partial charge >= 0.3 is 6.03 Å². The molecule has 2 saturated heterocycles. The summed E-state index contributed by atoms with van der Waals surface area (Å²) in [7, 11) is 2.05. The highest BCUT2D eigenvalue weighted by molar-refractivity contribution is 5.90. The predicted molar refractivity (Wildman–Crippen MR) is 160 cm³/mol. The number of aromatic nitrogens is 2. The van der Waals surface area contributed by atoms with Gasteiger partial charge in [-0.15, -0.1) is 5.10 Å². The van der Waals surface area contributed by atoms with Crippen LogP contribution in [0.4, 0.5) is 19.4 Å². The molecular formula is C31H39F2N7O4. The number of piperazine rings is 1. The van der Waals surface area contributed by atoms with Crippen LogP contribution in [0, 0.1) is 18.6 Å². The van der Waals surface area contributed by atoms with Gasteiger partial charge in [-0.25, -0.2) is 18.3 Å². The average molecular weight is 612 g/mol. The molecule has 0 spiro atoms. The lowest BCUT2D eigenvalue weighted by Gasteiger charge is -2.32. The van der Waals surface area contributed by atoms with Crippen molar-refractivity contribution < 1.29 is 27.9 Å². The molecule has 0 aliphatic carbocycles. The standard InChI is InChI=1S/C31H39F2N7O4/c1-4-39-20-26(28(44-39)22-12-13-24(32)25(33)19-22)34-31(42)35-29-21(2)30(36-40(29)23-9-6-5-7-10-23)43-18-8-11-27(41)38-16-14-37(3)15-17-38/h5-7,9-10,12-13,19,26,28H,4,8,11,14-18,20H2,1-3H3,(H2,34,35,42)/t26-,28+/m1/s1. The van der Waals surface area contributed by atoms with Gasteiger partial charge in [-0.3, -0.25) is 14.9 Å². The smallest absolute Gasteiger partial charge is 0.320 e. The molecule has 236 valence electrons. The zero-order chi connectivity index (χ0) is 31.2. The van der Waals surface area contributed by atoms with Gasteiger partial charge in [-0.2, -0.15) is 5.06 Å². The van der Waals surface area contributed by atoms with Crippen LogP contribution in [0.15, 0.2) is 48.5 Å². The summed E-state index contributed by atoms with van der Waals surface area (Å²) < 4.78 is 35.2. The van der Waals surface area contributed by atoms with Crippen LogP contribution >= 0.6 is 0 Å². The van der Waals surface area contributed by atoms with E-state index in [1.165, 1.54) is 6.07 Å². The highest BCUT2D eigenvalue weighted by Crippen LogP contribution is 2.31. The number of likely N-dealkylation sites (N-methyl/N-ethyl adjacent to an activating group) is 2. The van der Waals surface area contributed by atoms with Gasteiger partial charge in [0.2, 0.25) is 11.8 Å². The van der Waals surface area contributed by atoms with E-state index in [9.17, 15) is 18.4 Å². The summed E-state index contributed by atoms with van der Waals surface area (Å²) in [6.45, 7) is 8.10. The quantitative estimate of drug-likeness (QED) is 0.336. The van der Waals surface area contributed by atoms with Crippen LogP contribution in [0.25, 0.3) is 5.69 Å². The topological polar surface area (TPSA) is 104 Å². The van der Waals surface area contributed by atoms with Crippen molar-refractivity contribution in [1.82, 2.24) is 30.0 Å².